The Bertz CT molecular complexity index is 1750. The first-order valence-corrected chi connectivity index (χ1v) is 18.4. The summed E-state index contributed by atoms with van der Waals surface area (Å²) in [5.74, 6) is 3.34. The van der Waals surface area contributed by atoms with Gasteiger partial charge >= 0.3 is 26.2 Å². The molecule has 0 N–H and O–H groups in total. The van der Waals surface area contributed by atoms with E-state index in [0.29, 0.717) is 0 Å². The summed E-state index contributed by atoms with van der Waals surface area (Å²) >= 11 is 0. The number of halogens is 2. The normalized spacial score (nSPS) is 14.4. The zero-order chi connectivity index (χ0) is 34.0. The second-order valence-corrected chi connectivity index (χ2v) is 13.7. The molecule has 0 saturated heterocycles. The molecule has 52 heavy (non-hydrogen) atoms. The third-order valence-corrected chi connectivity index (χ3v) is 10.5. The number of benzene rings is 4. The van der Waals surface area contributed by atoms with Crippen LogP contribution in [0, 0.1) is 13.8 Å². The fourth-order valence-corrected chi connectivity index (χ4v) is 7.90. The molecule has 0 radical (unpaired) electrons. The number of hydrogen-bond acceptors (Lipinski definition) is 2. The number of rotatable bonds is 6. The van der Waals surface area contributed by atoms with Crippen LogP contribution in [0.2, 0.25) is 0 Å². The summed E-state index contributed by atoms with van der Waals surface area (Å²) in [6, 6.07) is 39.8. The van der Waals surface area contributed by atoms with Gasteiger partial charge in [-0.2, -0.15) is 12.1 Å². The number of ether oxygens (including phenoxy) is 2. The molecule has 2 saturated carbocycles. The Kier molecular flexibility index (Phi) is 18.2. The maximum Gasteiger partial charge on any atom is 2.00 e. The van der Waals surface area contributed by atoms with Gasteiger partial charge in [-0.05, 0) is 72.9 Å². The Morgan fingerprint density at radius 3 is 1.21 bits per heavy atom. The van der Waals surface area contributed by atoms with Crippen molar-refractivity contribution in [2.45, 2.75) is 82.5 Å². The van der Waals surface area contributed by atoms with Crippen LogP contribution >= 0.6 is 0 Å². The fraction of sp³-hybridized carbons (Fsp3) is 0.319. The van der Waals surface area contributed by atoms with Crippen molar-refractivity contribution in [1.82, 2.24) is 0 Å². The summed E-state index contributed by atoms with van der Waals surface area (Å²) in [6.07, 6.45) is 14.5. The van der Waals surface area contributed by atoms with Crippen LogP contribution in [0.5, 0.6) is 11.5 Å². The molecule has 0 atom stereocenters. The molecule has 0 aliphatic heterocycles. The zero-order valence-corrected chi connectivity index (χ0v) is 34.8. The molecule has 0 spiro atoms. The van der Waals surface area contributed by atoms with Gasteiger partial charge < -0.3 is 54.6 Å². The maximum absolute atomic E-state index is 5.28. The van der Waals surface area contributed by atoms with Gasteiger partial charge in [-0.1, -0.05) is 86.1 Å². The molecule has 2 fully saturated rings. The van der Waals surface area contributed by atoms with E-state index in [-0.39, 0.29) is 51.0 Å². The maximum atomic E-state index is 5.28. The topological polar surface area (TPSA) is 18.5 Å². The van der Waals surface area contributed by atoms with E-state index in [4.69, 9.17) is 9.47 Å². The van der Waals surface area contributed by atoms with E-state index in [1.54, 1.807) is 25.3 Å². The van der Waals surface area contributed by atoms with E-state index in [0.717, 1.165) is 29.8 Å². The van der Waals surface area contributed by atoms with Crippen molar-refractivity contribution in [3.63, 3.8) is 0 Å². The van der Waals surface area contributed by atoms with Crippen molar-refractivity contribution < 1.29 is 60.5 Å². The van der Waals surface area contributed by atoms with Crippen LogP contribution in [0.25, 0.3) is 43.8 Å². The molecule has 0 bridgehead atoms. The monoisotopic (exact) mass is 808 g/mol. The third kappa shape index (κ3) is 10.6. The summed E-state index contributed by atoms with van der Waals surface area (Å²) in [5, 5.41) is 5.52. The van der Waals surface area contributed by atoms with E-state index >= 15 is 0 Å². The molecule has 0 heterocycles. The number of hydrogen-bond donors (Lipinski definition) is 0. The molecule has 2 aliphatic carbocycles. The SMILES string of the molecule is COc1ccc(-c2cccc3[cH-]c(C4CCCCC4)cc23)cc1.COc1ccc(-c2cccc3[cH-]c(C4CCCCC4)cc23)cc1.[CH2-]C[CH2-].[Cl-].[Cl-].[Zr+2]. The van der Waals surface area contributed by atoms with Crippen molar-refractivity contribution in [1.29, 1.82) is 0 Å². The Morgan fingerprint density at radius 2 is 0.885 bits per heavy atom. The van der Waals surface area contributed by atoms with Crippen LogP contribution in [0.1, 0.15) is 93.6 Å². The minimum atomic E-state index is 0. The van der Waals surface area contributed by atoms with Gasteiger partial charge in [-0.3, -0.25) is 0 Å². The smallest absolute Gasteiger partial charge is 1.00 e. The zero-order valence-electron chi connectivity index (χ0n) is 30.8. The van der Waals surface area contributed by atoms with Crippen LogP contribution < -0.4 is 34.3 Å². The molecule has 5 heteroatoms. The van der Waals surface area contributed by atoms with Gasteiger partial charge in [-0.15, -0.1) is 69.1 Å². The minimum absolute atomic E-state index is 0. The van der Waals surface area contributed by atoms with Crippen LogP contribution in [-0.4, -0.2) is 14.2 Å². The molecule has 0 unspecified atom stereocenters. The molecular weight excluding hydrogens is 759 g/mol. The molecule has 6 aromatic rings. The quantitative estimate of drug-likeness (QED) is 0.162. The average molecular weight is 811 g/mol. The van der Waals surface area contributed by atoms with E-state index < -0.39 is 0 Å². The van der Waals surface area contributed by atoms with Gasteiger partial charge in [0, 0.05) is 0 Å². The van der Waals surface area contributed by atoms with Crippen molar-refractivity contribution in [2.24, 2.45) is 0 Å². The predicted molar refractivity (Wildman–Crippen MR) is 210 cm³/mol. The summed E-state index contributed by atoms with van der Waals surface area (Å²) in [7, 11) is 3.42. The fourth-order valence-electron chi connectivity index (χ4n) is 7.90. The first kappa shape index (κ1) is 43.6. The van der Waals surface area contributed by atoms with Gasteiger partial charge in [0.1, 0.15) is 11.5 Å². The first-order chi connectivity index (χ1) is 24.1. The number of fused-ring (bicyclic) bond motifs is 2. The Morgan fingerprint density at radius 1 is 0.538 bits per heavy atom. The van der Waals surface area contributed by atoms with E-state index in [2.05, 4.69) is 98.8 Å². The van der Waals surface area contributed by atoms with Gasteiger partial charge in [0.15, 0.2) is 0 Å². The van der Waals surface area contributed by atoms with Gasteiger partial charge in [0.05, 0.1) is 14.2 Å². The minimum Gasteiger partial charge on any atom is -1.00 e. The summed E-state index contributed by atoms with van der Waals surface area (Å²) in [4.78, 5) is 0. The molecule has 8 rings (SSSR count). The van der Waals surface area contributed by atoms with Crippen molar-refractivity contribution in [2.75, 3.05) is 14.2 Å². The van der Waals surface area contributed by atoms with E-state index in [9.17, 15) is 0 Å². The van der Waals surface area contributed by atoms with Crippen LogP contribution in [0.3, 0.4) is 0 Å². The molecule has 0 aromatic heterocycles. The van der Waals surface area contributed by atoms with Crippen LogP contribution in [0.4, 0.5) is 0 Å². The summed E-state index contributed by atoms with van der Waals surface area (Å²) < 4.78 is 10.6. The van der Waals surface area contributed by atoms with E-state index in [1.807, 2.05) is 24.3 Å². The Labute approximate surface area is 344 Å². The average Bonchev–Trinajstić information content (AvgIpc) is 3.82. The van der Waals surface area contributed by atoms with Gasteiger partial charge in [0.2, 0.25) is 0 Å². The van der Waals surface area contributed by atoms with Crippen LogP contribution in [-0.2, 0) is 26.2 Å². The summed E-state index contributed by atoms with van der Waals surface area (Å²) in [6.45, 7) is 6.75. The second-order valence-electron chi connectivity index (χ2n) is 13.7. The molecule has 2 nitrogen and oxygen atoms in total. The second kappa shape index (κ2) is 21.8. The first-order valence-electron chi connectivity index (χ1n) is 18.4. The van der Waals surface area contributed by atoms with Gasteiger partial charge in [-0.25, -0.2) is 0 Å². The summed E-state index contributed by atoms with van der Waals surface area (Å²) in [5.41, 5.74) is 8.26. The van der Waals surface area contributed by atoms with Crippen LogP contribution in [0.15, 0.2) is 109 Å². The van der Waals surface area contributed by atoms with Crippen molar-refractivity contribution >= 4 is 21.5 Å². The van der Waals surface area contributed by atoms with E-state index in [1.165, 1.54) is 108 Å². The van der Waals surface area contributed by atoms with Gasteiger partial charge in [0.25, 0.3) is 0 Å². The molecule has 2 aliphatic rings. The Balaban J connectivity index is 0.000000248. The largest absolute Gasteiger partial charge is 2.00 e. The molecule has 0 amide bonds. The predicted octanol–water partition coefficient (Wildman–Crippen LogP) is 7.61. The molecule has 274 valence electrons. The molecular formula is C47H52Cl2O2Zr-4. The Hall–Kier alpha value is -2.84. The number of methoxy groups -OCH3 is 2. The third-order valence-electron chi connectivity index (χ3n) is 10.5. The molecule has 6 aromatic carbocycles. The van der Waals surface area contributed by atoms with Crippen molar-refractivity contribution in [3.05, 3.63) is 134 Å². The van der Waals surface area contributed by atoms with Crippen molar-refractivity contribution in [3.8, 4) is 33.8 Å². The standard InChI is InChI=1S/2C22H23O.C3H6.2ClH.Zr/c2*1-23-20-12-10-17(11-13-20)21-9-5-8-18-14-19(15-22(18)21)16-6-3-2-4-7-16;1-3-2;;;/h2*5,8-16H,2-4,6-7H2,1H3;1-3H2;2*1H;/q2*-1;-2;;;+2/p-2.